The molecular weight excluding hydrogens is 266 g/mol. The highest BCUT2D eigenvalue weighted by molar-refractivity contribution is 5.51. The first-order valence-electron chi connectivity index (χ1n) is 6.73. The zero-order valence-electron chi connectivity index (χ0n) is 12.8. The summed E-state index contributed by atoms with van der Waals surface area (Å²) in [5, 5.41) is 0. The van der Waals surface area contributed by atoms with Crippen LogP contribution in [-0.2, 0) is 0 Å². The van der Waals surface area contributed by atoms with E-state index in [1.807, 2.05) is 43.3 Å². The molecule has 4 heteroatoms. The van der Waals surface area contributed by atoms with Crippen molar-refractivity contribution in [1.29, 1.82) is 0 Å². The Bertz CT molecular complexity index is 603. The van der Waals surface area contributed by atoms with Gasteiger partial charge in [0.2, 0.25) is 0 Å². The molecule has 0 radical (unpaired) electrons. The van der Waals surface area contributed by atoms with E-state index in [1.165, 1.54) is 0 Å². The van der Waals surface area contributed by atoms with Crippen LogP contribution in [0, 0.1) is 6.92 Å². The predicted molar refractivity (Wildman–Crippen MR) is 83.3 cm³/mol. The summed E-state index contributed by atoms with van der Waals surface area (Å²) in [6, 6.07) is 11.2. The minimum absolute atomic E-state index is 0.333. The topological polar surface area (TPSA) is 53.7 Å². The molecule has 0 aromatic heterocycles. The van der Waals surface area contributed by atoms with Crippen LogP contribution in [0.3, 0.4) is 0 Å². The second kappa shape index (κ2) is 6.50. The van der Waals surface area contributed by atoms with Crippen LogP contribution in [0.1, 0.15) is 22.7 Å². The lowest BCUT2D eigenvalue weighted by Gasteiger charge is -2.20. The highest BCUT2D eigenvalue weighted by Gasteiger charge is 2.19. The molecule has 0 saturated heterocycles. The second-order valence-corrected chi connectivity index (χ2v) is 4.78. The van der Waals surface area contributed by atoms with Gasteiger partial charge in [0.1, 0.15) is 17.2 Å². The molecule has 0 heterocycles. The lowest BCUT2D eigenvalue weighted by Crippen LogP contribution is -2.14. The van der Waals surface area contributed by atoms with Gasteiger partial charge in [-0.2, -0.15) is 0 Å². The maximum atomic E-state index is 6.43. The van der Waals surface area contributed by atoms with Gasteiger partial charge in [-0.05, 0) is 36.2 Å². The summed E-state index contributed by atoms with van der Waals surface area (Å²) in [6.07, 6.45) is 0. The molecule has 0 amide bonds. The number of nitrogens with two attached hydrogens (primary N) is 1. The van der Waals surface area contributed by atoms with Crippen LogP contribution in [-0.4, -0.2) is 21.3 Å². The molecule has 2 aromatic rings. The molecule has 2 aromatic carbocycles. The molecular formula is C17H21NO3. The zero-order chi connectivity index (χ0) is 15.4. The molecule has 21 heavy (non-hydrogen) atoms. The number of aryl methyl sites for hydroxylation is 1. The van der Waals surface area contributed by atoms with Gasteiger partial charge in [0, 0.05) is 0 Å². The Morgan fingerprint density at radius 3 is 1.90 bits per heavy atom. The third-order valence-electron chi connectivity index (χ3n) is 3.55. The number of methoxy groups -OCH3 is 3. The van der Waals surface area contributed by atoms with Crippen molar-refractivity contribution in [3.63, 3.8) is 0 Å². The van der Waals surface area contributed by atoms with Gasteiger partial charge in [-0.3, -0.25) is 0 Å². The molecule has 0 aliphatic heterocycles. The van der Waals surface area contributed by atoms with E-state index >= 15 is 0 Å². The first-order chi connectivity index (χ1) is 10.1. The third-order valence-corrected chi connectivity index (χ3v) is 3.55. The molecule has 1 atom stereocenters. The van der Waals surface area contributed by atoms with Crippen LogP contribution in [0.4, 0.5) is 0 Å². The monoisotopic (exact) mass is 287 g/mol. The molecule has 0 fully saturated rings. The number of benzene rings is 2. The Balaban J connectivity index is 2.49. The molecule has 2 N–H and O–H groups in total. The van der Waals surface area contributed by atoms with E-state index < -0.39 is 0 Å². The van der Waals surface area contributed by atoms with Gasteiger partial charge in [0.15, 0.2) is 0 Å². The predicted octanol–water partition coefficient (Wildman–Crippen LogP) is 3.07. The highest BCUT2D eigenvalue weighted by Crippen LogP contribution is 2.36. The van der Waals surface area contributed by atoms with Gasteiger partial charge >= 0.3 is 0 Å². The summed E-state index contributed by atoms with van der Waals surface area (Å²) < 4.78 is 16.1. The SMILES string of the molecule is COc1ccc(C(N)c2c(OC)cccc2OC)cc1C. The van der Waals surface area contributed by atoms with Crippen LogP contribution >= 0.6 is 0 Å². The zero-order valence-corrected chi connectivity index (χ0v) is 12.8. The third kappa shape index (κ3) is 2.95. The van der Waals surface area contributed by atoms with Gasteiger partial charge < -0.3 is 19.9 Å². The van der Waals surface area contributed by atoms with Gasteiger partial charge in [-0.15, -0.1) is 0 Å². The van der Waals surface area contributed by atoms with E-state index in [1.54, 1.807) is 21.3 Å². The van der Waals surface area contributed by atoms with Crippen molar-refractivity contribution in [2.45, 2.75) is 13.0 Å². The number of rotatable bonds is 5. The summed E-state index contributed by atoms with van der Waals surface area (Å²) in [7, 11) is 4.92. The molecule has 0 spiro atoms. The summed E-state index contributed by atoms with van der Waals surface area (Å²) in [4.78, 5) is 0. The van der Waals surface area contributed by atoms with E-state index in [2.05, 4.69) is 0 Å². The Labute approximate surface area is 125 Å². The van der Waals surface area contributed by atoms with E-state index in [0.717, 1.165) is 33.9 Å². The Kier molecular flexibility index (Phi) is 4.70. The van der Waals surface area contributed by atoms with Crippen LogP contribution in [0.5, 0.6) is 17.2 Å². The lowest BCUT2D eigenvalue weighted by atomic mass is 9.96. The first-order valence-corrected chi connectivity index (χ1v) is 6.73. The minimum atomic E-state index is -0.333. The normalized spacial score (nSPS) is 11.9. The quantitative estimate of drug-likeness (QED) is 0.918. The minimum Gasteiger partial charge on any atom is -0.496 e. The van der Waals surface area contributed by atoms with Crippen LogP contribution < -0.4 is 19.9 Å². The molecule has 112 valence electrons. The van der Waals surface area contributed by atoms with Gasteiger partial charge in [-0.1, -0.05) is 18.2 Å². The van der Waals surface area contributed by atoms with Gasteiger partial charge in [0.25, 0.3) is 0 Å². The molecule has 4 nitrogen and oxygen atoms in total. The fourth-order valence-corrected chi connectivity index (χ4v) is 2.45. The van der Waals surface area contributed by atoms with E-state index in [9.17, 15) is 0 Å². The molecule has 0 aliphatic rings. The number of hydrogen-bond donors (Lipinski definition) is 1. The lowest BCUT2D eigenvalue weighted by molar-refractivity contribution is 0.382. The first kappa shape index (κ1) is 15.2. The van der Waals surface area contributed by atoms with Crippen molar-refractivity contribution in [1.82, 2.24) is 0 Å². The molecule has 1 unspecified atom stereocenters. The molecule has 0 bridgehead atoms. The maximum absolute atomic E-state index is 6.43. The van der Waals surface area contributed by atoms with E-state index in [-0.39, 0.29) is 6.04 Å². The van der Waals surface area contributed by atoms with Gasteiger partial charge in [-0.25, -0.2) is 0 Å². The highest BCUT2D eigenvalue weighted by atomic mass is 16.5. The number of ether oxygens (including phenoxy) is 3. The average Bonchev–Trinajstić information content (AvgIpc) is 2.53. The molecule has 2 rings (SSSR count). The maximum Gasteiger partial charge on any atom is 0.127 e. The fourth-order valence-electron chi connectivity index (χ4n) is 2.45. The summed E-state index contributed by atoms with van der Waals surface area (Å²) in [5.74, 6) is 2.28. The van der Waals surface area contributed by atoms with Crippen molar-refractivity contribution in [3.05, 3.63) is 53.1 Å². The average molecular weight is 287 g/mol. The summed E-state index contributed by atoms with van der Waals surface area (Å²) >= 11 is 0. The van der Waals surface area contributed by atoms with Crippen molar-refractivity contribution < 1.29 is 14.2 Å². The summed E-state index contributed by atoms with van der Waals surface area (Å²) in [5.41, 5.74) is 9.29. The number of hydrogen-bond acceptors (Lipinski definition) is 4. The smallest absolute Gasteiger partial charge is 0.127 e. The molecule has 0 saturated carbocycles. The Hall–Kier alpha value is -2.20. The van der Waals surface area contributed by atoms with Gasteiger partial charge in [0.05, 0.1) is 32.9 Å². The molecule has 0 aliphatic carbocycles. The van der Waals surface area contributed by atoms with Crippen molar-refractivity contribution >= 4 is 0 Å². The Morgan fingerprint density at radius 2 is 1.43 bits per heavy atom. The van der Waals surface area contributed by atoms with E-state index in [0.29, 0.717) is 0 Å². The summed E-state index contributed by atoms with van der Waals surface area (Å²) in [6.45, 7) is 1.99. The largest absolute Gasteiger partial charge is 0.496 e. The van der Waals surface area contributed by atoms with Crippen LogP contribution in [0.15, 0.2) is 36.4 Å². The van der Waals surface area contributed by atoms with Crippen LogP contribution in [0.25, 0.3) is 0 Å². The fraction of sp³-hybridized carbons (Fsp3) is 0.294. The standard InChI is InChI=1S/C17H21NO3/c1-11-10-12(8-9-13(11)19-2)17(18)16-14(20-3)6-5-7-15(16)21-4/h5-10,17H,18H2,1-4H3. The Morgan fingerprint density at radius 1 is 0.857 bits per heavy atom. The second-order valence-electron chi connectivity index (χ2n) is 4.78. The van der Waals surface area contributed by atoms with Crippen molar-refractivity contribution in [2.24, 2.45) is 5.73 Å². The van der Waals surface area contributed by atoms with E-state index in [4.69, 9.17) is 19.9 Å². The van der Waals surface area contributed by atoms with Crippen molar-refractivity contribution in [3.8, 4) is 17.2 Å². The van der Waals surface area contributed by atoms with Crippen LogP contribution in [0.2, 0.25) is 0 Å². The van der Waals surface area contributed by atoms with Crippen molar-refractivity contribution in [2.75, 3.05) is 21.3 Å².